The van der Waals surface area contributed by atoms with Gasteiger partial charge in [0.05, 0.1) is 30.0 Å². The highest BCUT2D eigenvalue weighted by atomic mass is 16.6. The van der Waals surface area contributed by atoms with Gasteiger partial charge in [-0.05, 0) is 96.0 Å². The molecule has 10 nitrogen and oxygen atoms in total. The summed E-state index contributed by atoms with van der Waals surface area (Å²) in [5.74, 6) is -3.96. The SMILES string of the molecule is CC1C(O)C2(OC3CC4(O)C5=CC(=O)C6C(c7cc(O)cc(O)c7)C(O)C(O)CC6(C)C5C5(CCCC5)CC4(C)C3C2(O)CCO)C2C=CC1(C)CC2. The number of aliphatic hydroxyl groups is 6. The maximum Gasteiger partial charge on any atom is 0.160 e. The summed E-state index contributed by atoms with van der Waals surface area (Å²) in [5.41, 5.74) is -6.33. The van der Waals surface area contributed by atoms with Crippen LogP contribution in [0.3, 0.4) is 0 Å². The first kappa shape index (κ1) is 36.3. The molecule has 16 atom stereocenters. The van der Waals surface area contributed by atoms with Crippen molar-refractivity contribution in [2.45, 2.75) is 139 Å². The van der Waals surface area contributed by atoms with Gasteiger partial charge in [0.25, 0.3) is 0 Å². The number of aromatic hydroxyl groups is 2. The Bertz CT molecular complexity index is 1760. The molecule has 8 N–H and O–H groups in total. The van der Waals surface area contributed by atoms with Crippen molar-refractivity contribution < 1.29 is 50.4 Å². The van der Waals surface area contributed by atoms with Crippen molar-refractivity contribution in [2.75, 3.05) is 6.61 Å². The third-order valence-electron chi connectivity index (χ3n) is 17.5. The molecule has 1 aliphatic heterocycles. The zero-order chi connectivity index (χ0) is 37.9. The van der Waals surface area contributed by atoms with Gasteiger partial charge in [0, 0.05) is 54.6 Å². The number of hydrogen-bond acceptors (Lipinski definition) is 10. The number of fused-ring (bicyclic) bond motifs is 10. The maximum atomic E-state index is 14.8. The number of allylic oxidation sites excluding steroid dienone is 2. The number of ketones is 1. The predicted molar refractivity (Wildman–Crippen MR) is 193 cm³/mol. The van der Waals surface area contributed by atoms with E-state index >= 15 is 0 Å². The summed E-state index contributed by atoms with van der Waals surface area (Å²) in [6.45, 7) is 7.90. The average Bonchev–Trinajstić information content (AvgIpc) is 3.68. The molecule has 1 aromatic rings. The summed E-state index contributed by atoms with van der Waals surface area (Å²) < 4.78 is 7.21. The Morgan fingerprint density at radius 2 is 1.62 bits per heavy atom. The number of phenols is 2. The summed E-state index contributed by atoms with van der Waals surface area (Å²) in [5, 5.41) is 94.2. The number of aliphatic hydroxyl groups excluding tert-OH is 4. The van der Waals surface area contributed by atoms with E-state index in [0.717, 1.165) is 38.5 Å². The second kappa shape index (κ2) is 11.2. The Balaban J connectivity index is 1.22. The lowest BCUT2D eigenvalue weighted by atomic mass is 9.37. The van der Waals surface area contributed by atoms with Crippen molar-refractivity contribution in [3.63, 3.8) is 0 Å². The highest BCUT2D eigenvalue weighted by Gasteiger charge is 2.83. The molecular formula is C43H58O10. The highest BCUT2D eigenvalue weighted by molar-refractivity contribution is 5.96. The Labute approximate surface area is 311 Å². The molecule has 10 heteroatoms. The molecule has 0 amide bonds. The largest absolute Gasteiger partial charge is 0.508 e. The molecule has 2 bridgehead atoms. The summed E-state index contributed by atoms with van der Waals surface area (Å²) in [6.07, 6.45) is 7.48. The second-order valence-corrected chi connectivity index (χ2v) is 19.8. The summed E-state index contributed by atoms with van der Waals surface area (Å²) >= 11 is 0. The van der Waals surface area contributed by atoms with Crippen LogP contribution in [0, 0.1) is 51.2 Å². The smallest absolute Gasteiger partial charge is 0.160 e. The lowest BCUT2D eigenvalue weighted by molar-refractivity contribution is -0.251. The van der Waals surface area contributed by atoms with E-state index in [-0.39, 0.29) is 66.3 Å². The average molecular weight is 735 g/mol. The molecule has 0 aromatic heterocycles. The quantitative estimate of drug-likeness (QED) is 0.211. The van der Waals surface area contributed by atoms with Crippen LogP contribution in [-0.4, -0.2) is 94.5 Å². The van der Waals surface area contributed by atoms with Crippen LogP contribution < -0.4 is 0 Å². The van der Waals surface area contributed by atoms with Gasteiger partial charge in [-0.15, -0.1) is 0 Å². The van der Waals surface area contributed by atoms with Gasteiger partial charge < -0.3 is 45.6 Å². The number of carbonyl (C=O) groups is 1. The van der Waals surface area contributed by atoms with E-state index in [1.807, 2.05) is 20.8 Å². The van der Waals surface area contributed by atoms with Gasteiger partial charge in [0.2, 0.25) is 0 Å². The maximum absolute atomic E-state index is 14.8. The first-order valence-electron chi connectivity index (χ1n) is 20.1. The van der Waals surface area contributed by atoms with Crippen LogP contribution in [0.25, 0.3) is 0 Å². The number of hydrogen-bond donors (Lipinski definition) is 8. The van der Waals surface area contributed by atoms with Gasteiger partial charge in [-0.1, -0.05) is 52.7 Å². The van der Waals surface area contributed by atoms with Crippen LogP contribution in [0.1, 0.15) is 103 Å². The fraction of sp³-hybridized carbons (Fsp3) is 0.744. The van der Waals surface area contributed by atoms with Crippen LogP contribution in [0.2, 0.25) is 0 Å². The van der Waals surface area contributed by atoms with E-state index in [1.165, 1.54) is 18.2 Å². The number of rotatable bonds is 3. The normalized spacial score (nSPS) is 53.3. The lowest BCUT2D eigenvalue weighted by Gasteiger charge is -2.67. The van der Waals surface area contributed by atoms with E-state index in [4.69, 9.17) is 4.74 Å². The first-order valence-corrected chi connectivity index (χ1v) is 20.1. The van der Waals surface area contributed by atoms with Gasteiger partial charge in [0.15, 0.2) is 5.78 Å². The number of phenolic OH excluding ortho intramolecular Hbond substituents is 2. The molecular weight excluding hydrogens is 676 g/mol. The minimum atomic E-state index is -1.70. The zero-order valence-corrected chi connectivity index (χ0v) is 31.4. The lowest BCUT2D eigenvalue weighted by Crippen LogP contribution is -2.71. The Morgan fingerprint density at radius 1 is 0.943 bits per heavy atom. The third-order valence-corrected chi connectivity index (χ3v) is 17.5. The standard InChI is InChI=1S/C43H58O10/c1-22-36(50)43(24-7-11-37(22,2)12-8-24)41(51,13-14-44)35-30(53-43)20-42(52)27-18-28(47)32-31(23-15-25(45)17-26(46)16-23)33(49)29(48)19-38(32,3)34(27)40(9-5-6-10-40)21-39(35,42)4/h7,11,15-18,22,24,29-36,44-46,48-52H,5-6,8-10,12-14,19-21H2,1-4H3. The van der Waals surface area contributed by atoms with Crippen LogP contribution in [0.5, 0.6) is 11.5 Å². The summed E-state index contributed by atoms with van der Waals surface area (Å²) in [4.78, 5) is 14.8. The van der Waals surface area contributed by atoms with Crippen molar-refractivity contribution >= 4 is 5.78 Å². The predicted octanol–water partition coefficient (Wildman–Crippen LogP) is 4.01. The molecule has 9 aliphatic rings. The van der Waals surface area contributed by atoms with Crippen molar-refractivity contribution in [3.8, 4) is 11.5 Å². The Morgan fingerprint density at radius 3 is 2.25 bits per heavy atom. The summed E-state index contributed by atoms with van der Waals surface area (Å²) in [6, 6.07) is 4.07. The molecule has 16 unspecified atom stereocenters. The van der Waals surface area contributed by atoms with Crippen molar-refractivity contribution in [2.24, 2.45) is 51.2 Å². The number of benzene rings is 1. The first-order chi connectivity index (χ1) is 24.9. The monoisotopic (exact) mass is 734 g/mol. The Kier molecular flexibility index (Phi) is 7.66. The second-order valence-electron chi connectivity index (χ2n) is 19.8. The van der Waals surface area contributed by atoms with E-state index in [9.17, 15) is 45.6 Å². The molecule has 6 fully saturated rings. The molecule has 5 saturated carbocycles. The van der Waals surface area contributed by atoms with E-state index in [1.54, 1.807) is 6.08 Å². The van der Waals surface area contributed by atoms with E-state index in [0.29, 0.717) is 17.6 Å². The van der Waals surface area contributed by atoms with Gasteiger partial charge in [0.1, 0.15) is 22.7 Å². The Hall–Kier alpha value is -2.31. The van der Waals surface area contributed by atoms with Crippen molar-refractivity contribution in [1.82, 2.24) is 0 Å². The molecule has 8 aliphatic carbocycles. The van der Waals surface area contributed by atoms with E-state index < -0.39 is 75.2 Å². The van der Waals surface area contributed by atoms with Crippen molar-refractivity contribution in [3.05, 3.63) is 47.6 Å². The molecule has 1 aromatic carbocycles. The van der Waals surface area contributed by atoms with Gasteiger partial charge in [-0.2, -0.15) is 0 Å². The minimum Gasteiger partial charge on any atom is -0.508 e. The molecule has 1 saturated heterocycles. The fourth-order valence-corrected chi connectivity index (χ4v) is 15.5. The molecule has 0 radical (unpaired) electrons. The number of carbonyl (C=O) groups excluding carboxylic acids is 1. The van der Waals surface area contributed by atoms with Gasteiger partial charge in [-0.25, -0.2) is 0 Å². The van der Waals surface area contributed by atoms with Crippen LogP contribution in [0.4, 0.5) is 0 Å². The fourth-order valence-electron chi connectivity index (χ4n) is 15.5. The molecule has 53 heavy (non-hydrogen) atoms. The van der Waals surface area contributed by atoms with Crippen LogP contribution in [0.15, 0.2) is 42.0 Å². The zero-order valence-electron chi connectivity index (χ0n) is 31.4. The minimum absolute atomic E-state index is 0.0264. The highest BCUT2D eigenvalue weighted by Crippen LogP contribution is 2.79. The molecule has 2 spiro atoms. The molecule has 10 rings (SSSR count). The summed E-state index contributed by atoms with van der Waals surface area (Å²) in [7, 11) is 0. The number of ether oxygens (including phenoxy) is 1. The molecule has 290 valence electrons. The van der Waals surface area contributed by atoms with E-state index in [2.05, 4.69) is 19.1 Å². The van der Waals surface area contributed by atoms with Crippen molar-refractivity contribution in [1.29, 1.82) is 0 Å². The molecule has 1 heterocycles. The third kappa shape index (κ3) is 4.22. The van der Waals surface area contributed by atoms with Crippen LogP contribution >= 0.6 is 0 Å². The van der Waals surface area contributed by atoms with Gasteiger partial charge in [-0.3, -0.25) is 4.79 Å². The van der Waals surface area contributed by atoms with Gasteiger partial charge >= 0.3 is 0 Å². The van der Waals surface area contributed by atoms with Crippen LogP contribution in [-0.2, 0) is 9.53 Å². The topological polar surface area (TPSA) is 188 Å².